The van der Waals surface area contributed by atoms with Crippen LogP contribution in [0.5, 0.6) is 0 Å². The van der Waals surface area contributed by atoms with Gasteiger partial charge in [0.25, 0.3) is 0 Å². The van der Waals surface area contributed by atoms with Gasteiger partial charge in [0, 0.05) is 24.2 Å². The van der Waals surface area contributed by atoms with Crippen molar-refractivity contribution in [2.24, 2.45) is 0 Å². The Kier molecular flexibility index (Phi) is 14.6. The molecule has 0 aromatic heterocycles. The Bertz CT molecular complexity index is 335. The van der Waals surface area contributed by atoms with Crippen LogP contribution in [0.1, 0.15) is 26.7 Å². The largest absolute Gasteiger partial charge is 0.462 e. The Morgan fingerprint density at radius 1 is 1.00 bits per heavy atom. The molecule has 128 valence electrons. The van der Waals surface area contributed by atoms with Gasteiger partial charge in [0.05, 0.1) is 25.9 Å². The van der Waals surface area contributed by atoms with E-state index < -0.39 is 18.0 Å². The number of aliphatic hydroxyl groups excluding tert-OH is 3. The second-order valence-electron chi connectivity index (χ2n) is 4.53. The quantitative estimate of drug-likeness (QED) is 0.319. The van der Waals surface area contributed by atoms with Crippen LogP contribution in [0.15, 0.2) is 24.3 Å². The number of rotatable bonds is 9. The van der Waals surface area contributed by atoms with Crippen molar-refractivity contribution in [3.8, 4) is 0 Å². The average molecular weight is 318 g/mol. The minimum absolute atomic E-state index is 0.0677. The van der Waals surface area contributed by atoms with Crippen LogP contribution in [-0.4, -0.2) is 59.8 Å². The van der Waals surface area contributed by atoms with Crippen molar-refractivity contribution in [3.63, 3.8) is 0 Å². The third-order valence-corrected chi connectivity index (χ3v) is 2.12. The van der Waals surface area contributed by atoms with Gasteiger partial charge in [0.1, 0.15) is 0 Å². The highest BCUT2D eigenvalue weighted by molar-refractivity contribution is 5.87. The van der Waals surface area contributed by atoms with Gasteiger partial charge in [-0.2, -0.15) is 0 Å². The summed E-state index contributed by atoms with van der Waals surface area (Å²) in [5.41, 5.74) is 0.711. The molecule has 0 aliphatic heterocycles. The fourth-order valence-electron chi connectivity index (χ4n) is 0.875. The fourth-order valence-corrected chi connectivity index (χ4v) is 0.875. The maximum absolute atomic E-state index is 10.9. The van der Waals surface area contributed by atoms with E-state index in [4.69, 9.17) is 24.8 Å². The first-order chi connectivity index (χ1) is 10.3. The molecule has 0 bridgehead atoms. The number of ether oxygens (including phenoxy) is 2. The number of carbonyl (C=O) groups excluding carboxylic acids is 2. The summed E-state index contributed by atoms with van der Waals surface area (Å²) in [4.78, 5) is 21.8. The zero-order valence-corrected chi connectivity index (χ0v) is 13.2. The van der Waals surface area contributed by atoms with Crippen LogP contribution in [0.2, 0.25) is 0 Å². The van der Waals surface area contributed by atoms with E-state index in [1.54, 1.807) is 13.8 Å². The topological polar surface area (TPSA) is 113 Å². The summed E-state index contributed by atoms with van der Waals surface area (Å²) in [5.74, 6) is -0.859. The third kappa shape index (κ3) is 14.7. The molecule has 3 N–H and O–H groups in total. The van der Waals surface area contributed by atoms with Gasteiger partial charge < -0.3 is 24.8 Å². The molecule has 0 fully saturated rings. The molecule has 0 aliphatic rings. The summed E-state index contributed by atoms with van der Waals surface area (Å²) in [5, 5.41) is 24.6. The van der Waals surface area contributed by atoms with E-state index >= 15 is 0 Å². The van der Waals surface area contributed by atoms with E-state index in [1.165, 1.54) is 0 Å². The SMILES string of the molecule is C=C(C)C(=O)OCCCOC(=O)C(=C)C.OCCC(O)CO. The predicted molar refractivity (Wildman–Crippen MR) is 81.0 cm³/mol. The molecule has 1 atom stereocenters. The minimum Gasteiger partial charge on any atom is -0.462 e. The molecule has 7 heteroatoms. The van der Waals surface area contributed by atoms with Gasteiger partial charge in [-0.3, -0.25) is 0 Å². The van der Waals surface area contributed by atoms with Gasteiger partial charge in [0.15, 0.2) is 0 Å². The summed E-state index contributed by atoms with van der Waals surface area (Å²) in [7, 11) is 0. The molecule has 0 amide bonds. The van der Waals surface area contributed by atoms with Gasteiger partial charge in [-0.15, -0.1) is 0 Å². The van der Waals surface area contributed by atoms with E-state index in [0.29, 0.717) is 17.6 Å². The van der Waals surface area contributed by atoms with Crippen LogP contribution in [0.25, 0.3) is 0 Å². The van der Waals surface area contributed by atoms with Crippen LogP contribution in [0.3, 0.4) is 0 Å². The van der Waals surface area contributed by atoms with Crippen LogP contribution < -0.4 is 0 Å². The summed E-state index contributed by atoms with van der Waals surface area (Å²) in [6.45, 7) is 10.1. The first-order valence-corrected chi connectivity index (χ1v) is 6.81. The Morgan fingerprint density at radius 2 is 1.41 bits per heavy atom. The summed E-state index contributed by atoms with van der Waals surface area (Å²) < 4.78 is 9.59. The monoisotopic (exact) mass is 318 g/mol. The standard InChI is InChI=1S/C11H16O4.C4H10O3/c1-8(2)10(12)14-6-5-7-15-11(13)9(3)4;5-2-1-4(7)3-6/h1,3,5-7H2,2,4H3;4-7H,1-3H2. The second kappa shape index (κ2) is 14.2. The van der Waals surface area contributed by atoms with Crippen molar-refractivity contribution in [2.75, 3.05) is 26.4 Å². The predicted octanol–water partition coefficient (Wildman–Crippen LogP) is 0.337. The van der Waals surface area contributed by atoms with Gasteiger partial charge in [-0.25, -0.2) is 9.59 Å². The highest BCUT2D eigenvalue weighted by atomic mass is 16.5. The van der Waals surface area contributed by atoms with Crippen molar-refractivity contribution < 1.29 is 34.4 Å². The third-order valence-electron chi connectivity index (χ3n) is 2.12. The summed E-state index contributed by atoms with van der Waals surface area (Å²) in [6.07, 6.45) is -0.0147. The molecule has 0 aromatic rings. The van der Waals surface area contributed by atoms with Gasteiger partial charge >= 0.3 is 11.9 Å². The lowest BCUT2D eigenvalue weighted by atomic mass is 10.3. The summed E-state index contributed by atoms with van der Waals surface area (Å²) >= 11 is 0. The number of esters is 2. The normalized spacial score (nSPS) is 10.8. The highest BCUT2D eigenvalue weighted by Crippen LogP contribution is 1.96. The van der Waals surface area contributed by atoms with Crippen LogP contribution >= 0.6 is 0 Å². The lowest BCUT2D eigenvalue weighted by Crippen LogP contribution is -2.12. The molecule has 0 radical (unpaired) electrons. The van der Waals surface area contributed by atoms with Gasteiger partial charge in [-0.05, 0) is 20.3 Å². The Balaban J connectivity index is 0. The van der Waals surface area contributed by atoms with E-state index in [9.17, 15) is 9.59 Å². The molecule has 1 unspecified atom stereocenters. The molecule has 22 heavy (non-hydrogen) atoms. The Hall–Kier alpha value is -1.70. The number of hydrogen-bond acceptors (Lipinski definition) is 7. The molecular weight excluding hydrogens is 292 g/mol. The molecule has 0 aromatic carbocycles. The van der Waals surface area contributed by atoms with Crippen molar-refractivity contribution in [2.45, 2.75) is 32.8 Å². The second-order valence-corrected chi connectivity index (χ2v) is 4.53. The Morgan fingerprint density at radius 3 is 1.64 bits per heavy atom. The first-order valence-electron chi connectivity index (χ1n) is 6.81. The average Bonchev–Trinajstić information content (AvgIpc) is 2.46. The van der Waals surface area contributed by atoms with Crippen molar-refractivity contribution in [1.29, 1.82) is 0 Å². The molecule has 0 aliphatic carbocycles. The van der Waals surface area contributed by atoms with Crippen molar-refractivity contribution >= 4 is 11.9 Å². The molecule has 0 spiro atoms. The molecular formula is C15H26O7. The van der Waals surface area contributed by atoms with Gasteiger partial charge in [-0.1, -0.05) is 13.2 Å². The zero-order valence-electron chi connectivity index (χ0n) is 13.2. The van der Waals surface area contributed by atoms with E-state index in [0.717, 1.165) is 0 Å². The number of carbonyl (C=O) groups is 2. The number of aliphatic hydroxyl groups is 3. The smallest absolute Gasteiger partial charge is 0.333 e. The molecule has 7 nitrogen and oxygen atoms in total. The van der Waals surface area contributed by atoms with E-state index in [-0.39, 0.29) is 32.8 Å². The van der Waals surface area contributed by atoms with Crippen molar-refractivity contribution in [3.05, 3.63) is 24.3 Å². The van der Waals surface area contributed by atoms with Crippen LogP contribution in [0, 0.1) is 0 Å². The van der Waals surface area contributed by atoms with Crippen molar-refractivity contribution in [1.82, 2.24) is 0 Å². The molecule has 0 rings (SSSR count). The Labute approximate surface area is 130 Å². The lowest BCUT2D eigenvalue weighted by Gasteiger charge is -2.05. The van der Waals surface area contributed by atoms with E-state index in [1.807, 2.05) is 0 Å². The van der Waals surface area contributed by atoms with Crippen LogP contribution in [-0.2, 0) is 19.1 Å². The zero-order chi connectivity index (χ0) is 17.5. The lowest BCUT2D eigenvalue weighted by molar-refractivity contribution is -0.141. The maximum Gasteiger partial charge on any atom is 0.333 e. The maximum atomic E-state index is 10.9. The number of hydrogen-bond donors (Lipinski definition) is 3. The molecule has 0 heterocycles. The first kappa shape index (κ1) is 22.6. The molecule has 0 saturated carbocycles. The minimum atomic E-state index is -0.745. The van der Waals surface area contributed by atoms with Crippen LogP contribution in [0.4, 0.5) is 0 Å². The highest BCUT2D eigenvalue weighted by Gasteiger charge is 2.04. The molecule has 0 saturated heterocycles. The summed E-state index contributed by atoms with van der Waals surface area (Å²) in [6, 6.07) is 0. The fraction of sp³-hybridized carbons (Fsp3) is 0.600. The van der Waals surface area contributed by atoms with E-state index in [2.05, 4.69) is 13.2 Å². The van der Waals surface area contributed by atoms with Gasteiger partial charge in [0.2, 0.25) is 0 Å².